The van der Waals surface area contributed by atoms with E-state index in [-0.39, 0.29) is 24.9 Å². The Morgan fingerprint density at radius 3 is 2.41 bits per heavy atom. The predicted molar refractivity (Wildman–Crippen MR) is 105 cm³/mol. The second-order valence-corrected chi connectivity index (χ2v) is 6.60. The van der Waals surface area contributed by atoms with Gasteiger partial charge in [-0.15, -0.1) is 0 Å². The Morgan fingerprint density at radius 2 is 1.74 bits per heavy atom. The van der Waals surface area contributed by atoms with Gasteiger partial charge in [0.25, 0.3) is 0 Å². The molecule has 0 heterocycles. The number of hydrogen-bond donors (Lipinski definition) is 3. The first kappa shape index (κ1) is 20.9. The number of amides is 1. The highest BCUT2D eigenvalue weighted by atomic mass is 16.5. The van der Waals surface area contributed by atoms with Crippen LogP contribution in [0.4, 0.5) is 0 Å². The molecule has 6 heteroatoms. The third-order valence-electron chi connectivity index (χ3n) is 4.21. The summed E-state index contributed by atoms with van der Waals surface area (Å²) in [6.07, 6.45) is 2.29. The highest BCUT2D eigenvalue weighted by Gasteiger charge is 2.15. The molecule has 0 fully saturated rings. The van der Waals surface area contributed by atoms with Crippen LogP contribution >= 0.6 is 0 Å². The lowest BCUT2D eigenvalue weighted by molar-refractivity contribution is -0.166. The molecule has 0 bridgehead atoms. The Morgan fingerprint density at radius 1 is 1.04 bits per heavy atom. The number of nitrogens with two attached hydrogens (primary N) is 2. The first-order valence-electron chi connectivity index (χ1n) is 9.29. The average Bonchev–Trinajstić information content (AvgIpc) is 2.68. The lowest BCUT2D eigenvalue weighted by Gasteiger charge is -2.20. The van der Waals surface area contributed by atoms with Gasteiger partial charge in [-0.1, -0.05) is 42.5 Å². The molecule has 27 heavy (non-hydrogen) atoms. The fraction of sp³-hybridized carbons (Fsp3) is 0.381. The maximum Gasteiger partial charge on any atom is 0.245 e. The molecule has 2 aromatic carbocycles. The molecule has 0 aliphatic carbocycles. The molecule has 0 aliphatic rings. The van der Waals surface area contributed by atoms with Gasteiger partial charge in [-0.25, -0.2) is 5.06 Å². The number of unbranched alkanes of at least 4 members (excludes halogenated alkanes) is 1. The summed E-state index contributed by atoms with van der Waals surface area (Å²) in [5, 5.41) is 10.6. The average molecular weight is 371 g/mol. The summed E-state index contributed by atoms with van der Waals surface area (Å²) in [5.74, 6) is 0.471. The van der Waals surface area contributed by atoms with Gasteiger partial charge in [0.1, 0.15) is 12.4 Å². The zero-order valence-electron chi connectivity index (χ0n) is 15.6. The fourth-order valence-corrected chi connectivity index (χ4v) is 2.70. The summed E-state index contributed by atoms with van der Waals surface area (Å²) in [6.45, 7) is 1.17. The van der Waals surface area contributed by atoms with Crippen LogP contribution in [-0.2, 0) is 17.8 Å². The molecule has 2 rings (SSSR count). The lowest BCUT2D eigenvalue weighted by Crippen LogP contribution is -2.40. The normalized spacial score (nSPS) is 11.8. The van der Waals surface area contributed by atoms with Crippen molar-refractivity contribution in [3.63, 3.8) is 0 Å². The van der Waals surface area contributed by atoms with E-state index in [4.69, 9.17) is 16.2 Å². The molecule has 0 saturated carbocycles. The first-order valence-corrected chi connectivity index (χ1v) is 9.29. The topological polar surface area (TPSA) is 102 Å². The third kappa shape index (κ3) is 7.78. The summed E-state index contributed by atoms with van der Waals surface area (Å²) < 4.78 is 5.76. The van der Waals surface area contributed by atoms with Crippen LogP contribution < -0.4 is 16.2 Å². The van der Waals surface area contributed by atoms with Crippen LogP contribution in [0.1, 0.15) is 30.4 Å². The zero-order chi connectivity index (χ0) is 19.5. The lowest BCUT2D eigenvalue weighted by atomic mass is 10.1. The van der Waals surface area contributed by atoms with E-state index >= 15 is 0 Å². The minimum atomic E-state index is -0.343. The summed E-state index contributed by atoms with van der Waals surface area (Å²) in [5.41, 5.74) is 13.6. The standard InChI is InChI=1S/C21H29N3O3/c22-13-5-4-8-21(25)24(26)15-19(23)14-17-9-11-20(12-10-17)27-16-18-6-2-1-3-7-18/h1-3,6-7,9-12,19,26H,4-5,8,13-16,22-23H2/t19-/m0/s1. The Labute approximate surface area is 160 Å². The number of carbonyl (C=O) groups excluding carboxylic acids is 1. The predicted octanol–water partition coefficient (Wildman–Crippen LogP) is 2.48. The van der Waals surface area contributed by atoms with E-state index in [1.165, 1.54) is 0 Å². The molecule has 0 aliphatic heterocycles. The molecule has 0 unspecified atom stereocenters. The molecular weight excluding hydrogens is 342 g/mol. The van der Waals surface area contributed by atoms with Crippen LogP contribution in [0.5, 0.6) is 5.75 Å². The molecule has 0 aromatic heterocycles. The molecule has 0 spiro atoms. The molecule has 2 aromatic rings. The van der Waals surface area contributed by atoms with Crippen molar-refractivity contribution < 1.29 is 14.7 Å². The van der Waals surface area contributed by atoms with Crippen molar-refractivity contribution in [2.75, 3.05) is 13.1 Å². The van der Waals surface area contributed by atoms with Gasteiger partial charge < -0.3 is 16.2 Å². The Kier molecular flexibility index (Phi) is 8.77. The van der Waals surface area contributed by atoms with Gasteiger partial charge >= 0.3 is 0 Å². The number of rotatable bonds is 11. The van der Waals surface area contributed by atoms with Crippen LogP contribution in [0.25, 0.3) is 0 Å². The van der Waals surface area contributed by atoms with E-state index in [1.807, 2.05) is 54.6 Å². The number of ether oxygens (including phenoxy) is 1. The van der Waals surface area contributed by atoms with E-state index < -0.39 is 0 Å². The minimum absolute atomic E-state index is 0.105. The van der Waals surface area contributed by atoms with Gasteiger partial charge in [0, 0.05) is 12.5 Å². The van der Waals surface area contributed by atoms with E-state index in [1.54, 1.807) is 0 Å². The maximum atomic E-state index is 11.8. The number of carbonyl (C=O) groups is 1. The summed E-state index contributed by atoms with van der Waals surface area (Å²) >= 11 is 0. The van der Waals surface area contributed by atoms with E-state index in [0.717, 1.165) is 28.4 Å². The van der Waals surface area contributed by atoms with Crippen molar-refractivity contribution in [1.82, 2.24) is 5.06 Å². The smallest absolute Gasteiger partial charge is 0.245 e. The molecule has 6 nitrogen and oxygen atoms in total. The quantitative estimate of drug-likeness (QED) is 0.320. The first-order chi connectivity index (χ1) is 13.1. The third-order valence-corrected chi connectivity index (χ3v) is 4.21. The van der Waals surface area contributed by atoms with Gasteiger partial charge in [0.2, 0.25) is 5.91 Å². The van der Waals surface area contributed by atoms with Crippen LogP contribution in [0.3, 0.4) is 0 Å². The summed E-state index contributed by atoms with van der Waals surface area (Å²) in [7, 11) is 0. The zero-order valence-corrected chi connectivity index (χ0v) is 15.6. The van der Waals surface area contributed by atoms with Crippen LogP contribution in [0, 0.1) is 0 Å². The summed E-state index contributed by atoms with van der Waals surface area (Å²) in [4.78, 5) is 11.8. The minimum Gasteiger partial charge on any atom is -0.489 e. The Balaban J connectivity index is 1.75. The van der Waals surface area contributed by atoms with Crippen molar-refractivity contribution in [3.05, 3.63) is 65.7 Å². The van der Waals surface area contributed by atoms with Crippen molar-refractivity contribution in [2.24, 2.45) is 11.5 Å². The monoisotopic (exact) mass is 371 g/mol. The van der Waals surface area contributed by atoms with Crippen molar-refractivity contribution in [2.45, 2.75) is 38.3 Å². The van der Waals surface area contributed by atoms with Crippen LogP contribution in [0.15, 0.2) is 54.6 Å². The van der Waals surface area contributed by atoms with Crippen LogP contribution in [-0.4, -0.2) is 35.3 Å². The van der Waals surface area contributed by atoms with Gasteiger partial charge in [0.15, 0.2) is 0 Å². The van der Waals surface area contributed by atoms with Gasteiger partial charge in [-0.3, -0.25) is 10.0 Å². The van der Waals surface area contributed by atoms with Crippen molar-refractivity contribution in [3.8, 4) is 5.75 Å². The number of hydroxylamine groups is 2. The molecule has 146 valence electrons. The second kappa shape index (κ2) is 11.3. The number of nitrogens with zero attached hydrogens (tertiary/aromatic N) is 1. The van der Waals surface area contributed by atoms with E-state index in [9.17, 15) is 10.0 Å². The molecule has 1 amide bonds. The van der Waals surface area contributed by atoms with Gasteiger partial charge in [-0.05, 0) is 49.1 Å². The Bertz CT molecular complexity index is 677. The van der Waals surface area contributed by atoms with Gasteiger partial charge in [0.05, 0.1) is 6.54 Å². The fourth-order valence-electron chi connectivity index (χ4n) is 2.70. The van der Waals surface area contributed by atoms with Gasteiger partial charge in [-0.2, -0.15) is 0 Å². The van der Waals surface area contributed by atoms with E-state index in [2.05, 4.69) is 0 Å². The van der Waals surface area contributed by atoms with E-state index in [0.29, 0.717) is 26.0 Å². The molecular formula is C21H29N3O3. The molecule has 0 saturated heterocycles. The van der Waals surface area contributed by atoms with Crippen molar-refractivity contribution >= 4 is 5.91 Å². The molecule has 0 radical (unpaired) electrons. The molecule has 1 atom stereocenters. The molecule has 5 N–H and O–H groups in total. The number of benzene rings is 2. The highest BCUT2D eigenvalue weighted by molar-refractivity contribution is 5.74. The maximum absolute atomic E-state index is 11.8. The number of hydrogen-bond acceptors (Lipinski definition) is 5. The second-order valence-electron chi connectivity index (χ2n) is 6.60. The van der Waals surface area contributed by atoms with Crippen molar-refractivity contribution in [1.29, 1.82) is 0 Å². The summed E-state index contributed by atoms with van der Waals surface area (Å²) in [6, 6.07) is 17.3. The highest BCUT2D eigenvalue weighted by Crippen LogP contribution is 2.15. The Hall–Kier alpha value is -2.41. The van der Waals surface area contributed by atoms with Crippen LogP contribution in [0.2, 0.25) is 0 Å². The largest absolute Gasteiger partial charge is 0.489 e. The SMILES string of the molecule is NCCCCC(=O)N(O)C[C@@H](N)Cc1ccc(OCc2ccccc2)cc1.